The zero-order valence-corrected chi connectivity index (χ0v) is 11.1. The summed E-state index contributed by atoms with van der Waals surface area (Å²) in [6.07, 6.45) is 1.84. The van der Waals surface area contributed by atoms with Crippen molar-refractivity contribution >= 4 is 0 Å². The van der Waals surface area contributed by atoms with Gasteiger partial charge in [0.15, 0.2) is 0 Å². The van der Waals surface area contributed by atoms with Crippen molar-refractivity contribution in [1.29, 1.82) is 0 Å². The predicted octanol–water partition coefficient (Wildman–Crippen LogP) is 2.08. The summed E-state index contributed by atoms with van der Waals surface area (Å²) in [5, 5.41) is 0. The first-order valence-corrected chi connectivity index (χ1v) is 6.57. The van der Waals surface area contributed by atoms with E-state index >= 15 is 0 Å². The van der Waals surface area contributed by atoms with Gasteiger partial charge in [0.25, 0.3) is 0 Å². The van der Waals surface area contributed by atoms with Crippen LogP contribution in [0.5, 0.6) is 0 Å². The number of nitrogens with zero attached hydrogens (tertiary/aromatic N) is 1. The van der Waals surface area contributed by atoms with Crippen molar-refractivity contribution in [2.24, 2.45) is 5.73 Å². The van der Waals surface area contributed by atoms with Gasteiger partial charge in [0, 0.05) is 37.9 Å². The standard InChI is InChI=1S/C14H20F2N2O/c1-18(13-2-4-19-5-3-13)14(9-17)10-6-11(15)8-12(16)7-10/h6-8,13-14H,2-5,9,17H2,1H3. The number of ether oxygens (including phenoxy) is 1. The molecule has 1 heterocycles. The molecule has 0 aromatic heterocycles. The molecule has 0 saturated carbocycles. The molecule has 0 bridgehead atoms. The largest absolute Gasteiger partial charge is 0.381 e. The molecule has 1 atom stereocenters. The van der Waals surface area contributed by atoms with Gasteiger partial charge in [-0.2, -0.15) is 0 Å². The lowest BCUT2D eigenvalue weighted by Crippen LogP contribution is -2.41. The van der Waals surface area contributed by atoms with E-state index < -0.39 is 11.6 Å². The number of benzene rings is 1. The Hall–Kier alpha value is -1.04. The van der Waals surface area contributed by atoms with Crippen LogP contribution in [0.2, 0.25) is 0 Å². The van der Waals surface area contributed by atoms with E-state index in [1.54, 1.807) is 0 Å². The van der Waals surface area contributed by atoms with Crippen LogP contribution in [-0.4, -0.2) is 37.7 Å². The third-order valence-corrected chi connectivity index (χ3v) is 3.75. The van der Waals surface area contributed by atoms with E-state index in [0.717, 1.165) is 32.1 Å². The van der Waals surface area contributed by atoms with Gasteiger partial charge in [0.1, 0.15) is 11.6 Å². The molecule has 1 fully saturated rings. The van der Waals surface area contributed by atoms with Gasteiger partial charge in [-0.05, 0) is 37.6 Å². The van der Waals surface area contributed by atoms with Crippen LogP contribution in [0, 0.1) is 11.6 Å². The highest BCUT2D eigenvalue weighted by atomic mass is 19.1. The maximum Gasteiger partial charge on any atom is 0.126 e. The Labute approximate surface area is 112 Å². The molecular formula is C14H20F2N2O. The van der Waals surface area contributed by atoms with Crippen molar-refractivity contribution in [3.05, 3.63) is 35.4 Å². The monoisotopic (exact) mass is 270 g/mol. The van der Waals surface area contributed by atoms with Crippen molar-refractivity contribution in [3.63, 3.8) is 0 Å². The molecule has 3 nitrogen and oxygen atoms in total. The van der Waals surface area contributed by atoms with Crippen LogP contribution >= 0.6 is 0 Å². The van der Waals surface area contributed by atoms with Crippen LogP contribution in [0.3, 0.4) is 0 Å². The molecule has 1 aromatic rings. The summed E-state index contributed by atoms with van der Waals surface area (Å²) in [7, 11) is 1.95. The quantitative estimate of drug-likeness (QED) is 0.910. The first-order chi connectivity index (χ1) is 9.11. The van der Waals surface area contributed by atoms with Gasteiger partial charge < -0.3 is 10.5 Å². The van der Waals surface area contributed by atoms with Crippen LogP contribution < -0.4 is 5.73 Å². The van der Waals surface area contributed by atoms with Crippen molar-refractivity contribution in [3.8, 4) is 0 Å². The molecule has 106 valence electrons. The zero-order chi connectivity index (χ0) is 13.8. The van der Waals surface area contributed by atoms with Crippen LogP contribution in [0.4, 0.5) is 8.78 Å². The summed E-state index contributed by atoms with van der Waals surface area (Å²) >= 11 is 0. The van der Waals surface area contributed by atoms with Gasteiger partial charge in [-0.25, -0.2) is 8.78 Å². The van der Waals surface area contributed by atoms with Gasteiger partial charge >= 0.3 is 0 Å². The maximum absolute atomic E-state index is 13.3. The smallest absolute Gasteiger partial charge is 0.126 e. The predicted molar refractivity (Wildman–Crippen MR) is 69.8 cm³/mol. The first-order valence-electron chi connectivity index (χ1n) is 6.57. The number of nitrogens with two attached hydrogens (primary N) is 1. The fourth-order valence-electron chi connectivity index (χ4n) is 2.65. The van der Waals surface area contributed by atoms with E-state index in [9.17, 15) is 8.78 Å². The van der Waals surface area contributed by atoms with Gasteiger partial charge in [0.2, 0.25) is 0 Å². The molecule has 2 rings (SSSR count). The second-order valence-electron chi connectivity index (χ2n) is 4.96. The summed E-state index contributed by atoms with van der Waals surface area (Å²) < 4.78 is 32.0. The molecule has 1 aliphatic rings. The van der Waals surface area contributed by atoms with Crippen LogP contribution in [-0.2, 0) is 4.74 Å². The fourth-order valence-corrected chi connectivity index (χ4v) is 2.65. The molecule has 0 radical (unpaired) electrons. The third kappa shape index (κ3) is 3.49. The van der Waals surface area contributed by atoms with E-state index in [1.807, 2.05) is 7.05 Å². The van der Waals surface area contributed by atoms with E-state index in [1.165, 1.54) is 12.1 Å². The van der Waals surface area contributed by atoms with E-state index in [0.29, 0.717) is 18.2 Å². The average Bonchev–Trinajstić information content (AvgIpc) is 2.39. The molecule has 0 spiro atoms. The minimum atomic E-state index is -0.561. The van der Waals surface area contributed by atoms with Crippen molar-refractivity contribution in [2.75, 3.05) is 26.8 Å². The Kier molecular flexibility index (Phi) is 4.85. The molecule has 5 heteroatoms. The molecular weight excluding hydrogens is 250 g/mol. The highest BCUT2D eigenvalue weighted by Gasteiger charge is 2.25. The lowest BCUT2D eigenvalue weighted by Gasteiger charge is -2.36. The Morgan fingerprint density at radius 1 is 1.26 bits per heavy atom. The summed E-state index contributed by atoms with van der Waals surface area (Å²) in [6.45, 7) is 1.78. The Balaban J connectivity index is 2.17. The van der Waals surface area contributed by atoms with Crippen molar-refractivity contribution in [2.45, 2.75) is 24.9 Å². The van der Waals surface area contributed by atoms with Crippen LogP contribution in [0.1, 0.15) is 24.4 Å². The molecule has 0 aliphatic carbocycles. The van der Waals surface area contributed by atoms with E-state index in [2.05, 4.69) is 4.90 Å². The molecule has 1 aromatic carbocycles. The number of likely N-dealkylation sites (N-methyl/N-ethyl adjacent to an activating group) is 1. The lowest BCUT2D eigenvalue weighted by molar-refractivity contribution is 0.0293. The SMILES string of the molecule is CN(C1CCOCC1)C(CN)c1cc(F)cc(F)c1. The summed E-state index contributed by atoms with van der Waals surface area (Å²) in [5.74, 6) is -1.12. The zero-order valence-electron chi connectivity index (χ0n) is 11.1. The van der Waals surface area contributed by atoms with Crippen molar-refractivity contribution < 1.29 is 13.5 Å². The Bertz CT molecular complexity index is 402. The Morgan fingerprint density at radius 2 is 1.84 bits per heavy atom. The minimum Gasteiger partial charge on any atom is -0.381 e. The van der Waals surface area contributed by atoms with Gasteiger partial charge in [-0.1, -0.05) is 0 Å². The van der Waals surface area contributed by atoms with E-state index in [-0.39, 0.29) is 6.04 Å². The summed E-state index contributed by atoms with van der Waals surface area (Å²) in [4.78, 5) is 2.11. The number of halogens is 2. The second-order valence-corrected chi connectivity index (χ2v) is 4.96. The fraction of sp³-hybridized carbons (Fsp3) is 0.571. The lowest BCUT2D eigenvalue weighted by atomic mass is 10.0. The maximum atomic E-state index is 13.3. The number of hydrogen-bond donors (Lipinski definition) is 1. The minimum absolute atomic E-state index is 0.173. The molecule has 1 unspecified atom stereocenters. The van der Waals surface area contributed by atoms with Crippen LogP contribution in [0.15, 0.2) is 18.2 Å². The normalized spacial score (nSPS) is 18.8. The highest BCUT2D eigenvalue weighted by Crippen LogP contribution is 2.25. The molecule has 2 N–H and O–H groups in total. The summed E-state index contributed by atoms with van der Waals surface area (Å²) in [6, 6.07) is 3.76. The van der Waals surface area contributed by atoms with Gasteiger partial charge in [0.05, 0.1) is 0 Å². The second kappa shape index (κ2) is 6.41. The third-order valence-electron chi connectivity index (χ3n) is 3.75. The average molecular weight is 270 g/mol. The topological polar surface area (TPSA) is 38.5 Å². The molecule has 1 saturated heterocycles. The molecule has 1 aliphatic heterocycles. The van der Waals surface area contributed by atoms with Crippen molar-refractivity contribution in [1.82, 2.24) is 4.90 Å². The van der Waals surface area contributed by atoms with Crippen LogP contribution in [0.25, 0.3) is 0 Å². The number of hydrogen-bond acceptors (Lipinski definition) is 3. The highest BCUT2D eigenvalue weighted by molar-refractivity contribution is 5.22. The van der Waals surface area contributed by atoms with Gasteiger partial charge in [-0.15, -0.1) is 0 Å². The Morgan fingerprint density at radius 3 is 2.37 bits per heavy atom. The first kappa shape index (κ1) is 14.4. The number of rotatable bonds is 4. The summed E-state index contributed by atoms with van der Waals surface area (Å²) in [5.41, 5.74) is 6.39. The molecule has 19 heavy (non-hydrogen) atoms. The molecule has 0 amide bonds. The van der Waals surface area contributed by atoms with Gasteiger partial charge in [-0.3, -0.25) is 4.90 Å². The van der Waals surface area contributed by atoms with E-state index in [4.69, 9.17) is 10.5 Å².